The van der Waals surface area contributed by atoms with E-state index in [0.29, 0.717) is 5.70 Å². The van der Waals surface area contributed by atoms with Gasteiger partial charge in [0, 0.05) is 23.9 Å². The molecular formula is C25H25FN6O2S. The van der Waals surface area contributed by atoms with Crippen molar-refractivity contribution in [3.05, 3.63) is 89.5 Å². The van der Waals surface area contributed by atoms with E-state index < -0.39 is 23.7 Å². The molecule has 180 valence electrons. The summed E-state index contributed by atoms with van der Waals surface area (Å²) in [6.45, 7) is 1.64. The minimum Gasteiger partial charge on any atom is -0.402 e. The molecule has 0 aliphatic carbocycles. The van der Waals surface area contributed by atoms with Crippen LogP contribution in [0.2, 0.25) is 0 Å². The van der Waals surface area contributed by atoms with Crippen molar-refractivity contribution in [2.45, 2.75) is 19.4 Å². The molecule has 0 spiro atoms. The molecule has 1 aromatic heterocycles. The van der Waals surface area contributed by atoms with Crippen LogP contribution in [0.4, 0.5) is 15.8 Å². The molecule has 0 fully saturated rings. The number of carbonyl (C=O) groups excluding carboxylic acids is 2. The molecule has 1 atom stereocenters. The van der Waals surface area contributed by atoms with Gasteiger partial charge in [0.2, 0.25) is 5.91 Å². The fourth-order valence-corrected chi connectivity index (χ4v) is 3.65. The third-order valence-electron chi connectivity index (χ3n) is 5.02. The first-order valence-electron chi connectivity index (χ1n) is 10.6. The minimum atomic E-state index is -0.935. The predicted molar refractivity (Wildman–Crippen MR) is 139 cm³/mol. The van der Waals surface area contributed by atoms with Crippen molar-refractivity contribution in [3.63, 3.8) is 0 Å². The standard InChI is InChI=1S/C25H25FN6O2S/c1-14(27)10-23(35)32-20-13-21(18(26)12-17(20)24(28)33)31-22(25(29)34)11-15-5-7-16(8-6-15)19-4-2-3-9-30-19/h2-10,12-13,22,31H,11,27H2,1H3,(H2,28,33)(H2,29,34)(H,32,35)/t22-/m1/s1. The second kappa shape index (κ2) is 11.2. The van der Waals surface area contributed by atoms with E-state index in [1.807, 2.05) is 42.5 Å². The van der Waals surface area contributed by atoms with Crippen molar-refractivity contribution in [1.29, 1.82) is 0 Å². The zero-order valence-corrected chi connectivity index (χ0v) is 19.7. The molecule has 0 radical (unpaired) electrons. The van der Waals surface area contributed by atoms with Gasteiger partial charge in [0.15, 0.2) is 0 Å². The van der Waals surface area contributed by atoms with Crippen molar-refractivity contribution in [3.8, 4) is 11.3 Å². The minimum absolute atomic E-state index is 0.0531. The molecule has 10 heteroatoms. The molecule has 0 aliphatic rings. The number of amides is 2. The molecule has 0 saturated carbocycles. The Labute approximate surface area is 207 Å². The summed E-state index contributed by atoms with van der Waals surface area (Å²) >= 11 is 5.18. The van der Waals surface area contributed by atoms with Gasteiger partial charge in [0.1, 0.15) is 16.8 Å². The summed E-state index contributed by atoms with van der Waals surface area (Å²) < 4.78 is 14.8. The lowest BCUT2D eigenvalue weighted by atomic mass is 10.0. The van der Waals surface area contributed by atoms with Crippen LogP contribution in [0.5, 0.6) is 0 Å². The zero-order valence-electron chi connectivity index (χ0n) is 18.9. The number of primary amides is 2. The van der Waals surface area contributed by atoms with E-state index in [0.717, 1.165) is 22.9 Å². The molecule has 0 bridgehead atoms. The second-order valence-electron chi connectivity index (χ2n) is 7.83. The lowest BCUT2D eigenvalue weighted by Gasteiger charge is -2.19. The van der Waals surface area contributed by atoms with Gasteiger partial charge < -0.3 is 27.8 Å². The Morgan fingerprint density at radius 3 is 2.37 bits per heavy atom. The Hall–Kier alpha value is -4.31. The third kappa shape index (κ3) is 6.84. The number of halogens is 1. The largest absolute Gasteiger partial charge is 0.402 e. The van der Waals surface area contributed by atoms with Crippen LogP contribution < -0.4 is 27.8 Å². The molecule has 8 nitrogen and oxygen atoms in total. The number of hydrogen-bond donors (Lipinski definition) is 5. The number of nitrogens with one attached hydrogen (secondary N) is 2. The number of nitrogens with zero attached hydrogens (tertiary/aromatic N) is 1. The van der Waals surface area contributed by atoms with Crippen LogP contribution in [0.3, 0.4) is 0 Å². The summed E-state index contributed by atoms with van der Waals surface area (Å²) in [5, 5.41) is 5.63. The molecule has 3 rings (SSSR count). The number of anilines is 2. The number of aromatic nitrogens is 1. The van der Waals surface area contributed by atoms with Crippen molar-refractivity contribution >= 4 is 40.4 Å². The van der Waals surface area contributed by atoms with Gasteiger partial charge in [-0.05, 0) is 42.8 Å². The smallest absolute Gasteiger partial charge is 0.250 e. The first kappa shape index (κ1) is 25.3. The lowest BCUT2D eigenvalue weighted by molar-refractivity contribution is -0.118. The molecule has 1 heterocycles. The Balaban J connectivity index is 1.84. The maximum absolute atomic E-state index is 14.8. The van der Waals surface area contributed by atoms with Gasteiger partial charge in [-0.1, -0.05) is 42.5 Å². The summed E-state index contributed by atoms with van der Waals surface area (Å²) in [6, 6.07) is 14.4. The highest BCUT2D eigenvalue weighted by Crippen LogP contribution is 2.26. The molecule has 0 unspecified atom stereocenters. The number of nitrogens with two attached hydrogens (primary N) is 3. The van der Waals surface area contributed by atoms with E-state index in [4.69, 9.17) is 29.4 Å². The summed E-state index contributed by atoms with van der Waals surface area (Å²) in [6.07, 6.45) is 3.38. The fraction of sp³-hybridized carbons (Fsp3) is 0.120. The van der Waals surface area contributed by atoms with Crippen molar-refractivity contribution < 1.29 is 14.0 Å². The van der Waals surface area contributed by atoms with Crippen molar-refractivity contribution in [2.75, 3.05) is 10.6 Å². The van der Waals surface area contributed by atoms with Gasteiger partial charge in [0.25, 0.3) is 5.91 Å². The Morgan fingerprint density at radius 1 is 1.09 bits per heavy atom. The summed E-state index contributed by atoms with van der Waals surface area (Å²) in [4.78, 5) is 28.5. The molecule has 3 aromatic rings. The SMILES string of the molecule is CC(N)=CC(=S)Nc1cc(N[C@H](Cc2ccc(-c3ccccn3)cc2)C(N)=O)c(F)cc1C(N)=O. The number of allylic oxidation sites excluding steroid dienone is 1. The van der Waals surface area contributed by atoms with E-state index in [2.05, 4.69) is 15.6 Å². The predicted octanol–water partition coefficient (Wildman–Crippen LogP) is 3.10. The maximum atomic E-state index is 14.8. The third-order valence-corrected chi connectivity index (χ3v) is 5.24. The zero-order chi connectivity index (χ0) is 25.5. The number of pyridine rings is 1. The quantitative estimate of drug-likeness (QED) is 0.228. The van der Waals surface area contributed by atoms with Gasteiger partial charge in [0.05, 0.1) is 22.6 Å². The molecule has 0 saturated heterocycles. The summed E-state index contributed by atoms with van der Waals surface area (Å²) in [5.74, 6) is -2.31. The number of thiocarbonyl (C=S) groups is 1. The first-order valence-corrected chi connectivity index (χ1v) is 11.0. The topological polar surface area (TPSA) is 149 Å². The monoisotopic (exact) mass is 492 g/mol. The molecule has 8 N–H and O–H groups in total. The number of carbonyl (C=O) groups is 2. The highest BCUT2D eigenvalue weighted by molar-refractivity contribution is 7.81. The van der Waals surface area contributed by atoms with Crippen molar-refractivity contribution in [1.82, 2.24) is 4.98 Å². The van der Waals surface area contributed by atoms with Gasteiger partial charge >= 0.3 is 0 Å². The highest BCUT2D eigenvalue weighted by atomic mass is 32.1. The molecule has 2 amide bonds. The highest BCUT2D eigenvalue weighted by Gasteiger charge is 2.21. The number of benzene rings is 2. The van der Waals surface area contributed by atoms with Crippen molar-refractivity contribution in [2.24, 2.45) is 17.2 Å². The Bertz CT molecular complexity index is 1280. The number of hydrogen-bond acceptors (Lipinski definition) is 6. The molecular weight excluding hydrogens is 467 g/mol. The van der Waals surface area contributed by atoms with Crippen LogP contribution in [-0.4, -0.2) is 27.8 Å². The fourth-order valence-electron chi connectivity index (χ4n) is 3.36. The average Bonchev–Trinajstić information content (AvgIpc) is 2.80. The normalized spacial score (nSPS) is 12.0. The first-order chi connectivity index (χ1) is 16.6. The van der Waals surface area contributed by atoms with E-state index in [1.165, 1.54) is 12.1 Å². The average molecular weight is 493 g/mol. The summed E-state index contributed by atoms with van der Waals surface area (Å²) in [5.41, 5.74) is 19.6. The van der Waals surface area contributed by atoms with Gasteiger partial charge in [-0.15, -0.1) is 0 Å². The van der Waals surface area contributed by atoms with E-state index in [1.54, 1.807) is 13.1 Å². The molecule has 35 heavy (non-hydrogen) atoms. The van der Waals surface area contributed by atoms with Gasteiger partial charge in [-0.2, -0.15) is 0 Å². The Morgan fingerprint density at radius 2 is 1.80 bits per heavy atom. The van der Waals surface area contributed by atoms with Crippen LogP contribution in [-0.2, 0) is 11.2 Å². The van der Waals surface area contributed by atoms with Gasteiger partial charge in [-0.3, -0.25) is 14.6 Å². The van der Waals surface area contributed by atoms with Gasteiger partial charge in [-0.25, -0.2) is 4.39 Å². The van der Waals surface area contributed by atoms with Crippen LogP contribution in [0.15, 0.2) is 72.6 Å². The van der Waals surface area contributed by atoms with Crippen LogP contribution in [0.25, 0.3) is 11.3 Å². The van der Waals surface area contributed by atoms with E-state index in [-0.39, 0.29) is 28.3 Å². The van der Waals surface area contributed by atoms with Crippen LogP contribution >= 0.6 is 12.2 Å². The van der Waals surface area contributed by atoms with Crippen LogP contribution in [0, 0.1) is 5.82 Å². The second-order valence-corrected chi connectivity index (χ2v) is 8.27. The number of rotatable bonds is 9. The molecule has 2 aromatic carbocycles. The Kier molecular flexibility index (Phi) is 8.11. The molecule has 0 aliphatic heterocycles. The van der Waals surface area contributed by atoms with E-state index >= 15 is 0 Å². The maximum Gasteiger partial charge on any atom is 0.250 e. The summed E-state index contributed by atoms with van der Waals surface area (Å²) in [7, 11) is 0. The van der Waals surface area contributed by atoms with E-state index in [9.17, 15) is 14.0 Å². The lowest BCUT2D eigenvalue weighted by Crippen LogP contribution is -2.37. The van der Waals surface area contributed by atoms with Crippen LogP contribution in [0.1, 0.15) is 22.8 Å².